The first-order chi connectivity index (χ1) is 22.2. The quantitative estimate of drug-likeness (QED) is 0.198. The summed E-state index contributed by atoms with van der Waals surface area (Å²) in [5.74, 6) is -1.45. The van der Waals surface area contributed by atoms with Gasteiger partial charge in [-0.3, -0.25) is 0 Å². The number of hydrogen-bond acceptors (Lipinski definition) is 8. The number of hydrogen-bond donors (Lipinski definition) is 1. The number of ether oxygens (including phenoxy) is 4. The first-order valence-corrected chi connectivity index (χ1v) is 17.2. The van der Waals surface area contributed by atoms with Crippen LogP contribution in [0, 0.1) is 0 Å². The number of esters is 2. The molecule has 1 heterocycles. The average Bonchev–Trinajstić information content (AvgIpc) is 3.08. The lowest BCUT2D eigenvalue weighted by Crippen LogP contribution is -2.71. The van der Waals surface area contributed by atoms with E-state index in [9.17, 15) is 14.7 Å². The van der Waals surface area contributed by atoms with E-state index in [4.69, 9.17) is 23.4 Å². The van der Waals surface area contributed by atoms with Gasteiger partial charge in [-0.25, -0.2) is 9.59 Å². The molecule has 0 amide bonds. The molecule has 0 spiro atoms. The lowest BCUT2D eigenvalue weighted by atomic mass is 9.98. The van der Waals surface area contributed by atoms with Gasteiger partial charge in [0, 0.05) is 0 Å². The Kier molecular flexibility index (Phi) is 10.5. The molecule has 1 fully saturated rings. The summed E-state index contributed by atoms with van der Waals surface area (Å²) in [6, 6.07) is 37.7. The van der Waals surface area contributed by atoms with Crippen molar-refractivity contribution in [3.05, 3.63) is 132 Å². The minimum absolute atomic E-state index is 0.0712. The Bertz CT molecular complexity index is 1520. The highest BCUT2D eigenvalue weighted by Crippen LogP contribution is 2.40. The summed E-state index contributed by atoms with van der Waals surface area (Å²) in [5.41, 5.74) is 1.13. The predicted octanol–water partition coefficient (Wildman–Crippen LogP) is 4.63. The van der Waals surface area contributed by atoms with Crippen LogP contribution >= 0.6 is 0 Å². The molecule has 4 aromatic carbocycles. The third-order valence-electron chi connectivity index (χ3n) is 8.20. The van der Waals surface area contributed by atoms with Crippen molar-refractivity contribution < 1.29 is 38.1 Å². The number of benzene rings is 4. The summed E-state index contributed by atoms with van der Waals surface area (Å²) in [4.78, 5) is 26.7. The molecule has 1 aliphatic heterocycles. The molecular formula is C37H40O8Si. The standard InChI is InChI=1S/C37H40O8Si/c1-37(2,3)46(28-21-13-7-14-22-28,29-23-15-8-16-24-29)45-36-33(43-34(39)27-19-11-6-12-20-27)31(30(38)32(44-36)35(40)41-4)42-25-26-17-9-5-10-18-26/h5-24,30-33,36,38H,25H2,1-4H3/t30-,31+,32?,33?,36-/m0/s1. The van der Waals surface area contributed by atoms with Crippen LogP contribution in [0.2, 0.25) is 5.04 Å². The highest BCUT2D eigenvalue weighted by Gasteiger charge is 2.58. The van der Waals surface area contributed by atoms with E-state index in [1.54, 1.807) is 30.3 Å². The van der Waals surface area contributed by atoms with Gasteiger partial charge in [0.2, 0.25) is 0 Å². The summed E-state index contributed by atoms with van der Waals surface area (Å²) in [7, 11) is -2.11. The lowest BCUT2D eigenvalue weighted by molar-refractivity contribution is -0.283. The molecule has 240 valence electrons. The molecule has 0 saturated carbocycles. The number of rotatable bonds is 10. The first-order valence-electron chi connectivity index (χ1n) is 15.3. The topological polar surface area (TPSA) is 101 Å². The SMILES string of the molecule is COC(=O)C1O[C@@H](O[Si](c2ccccc2)(c2ccccc2)C(C)(C)C)C(OC(=O)c2ccccc2)[C@H](OCc2ccccc2)[C@@H]1O. The molecule has 1 aliphatic rings. The molecule has 0 aromatic heterocycles. The lowest BCUT2D eigenvalue weighted by Gasteiger charge is -2.49. The van der Waals surface area contributed by atoms with Crippen LogP contribution in [0.1, 0.15) is 36.7 Å². The van der Waals surface area contributed by atoms with Crippen LogP contribution in [-0.4, -0.2) is 63.2 Å². The molecule has 46 heavy (non-hydrogen) atoms. The summed E-state index contributed by atoms with van der Waals surface area (Å²) in [6.45, 7) is 6.37. The van der Waals surface area contributed by atoms with E-state index in [0.717, 1.165) is 15.9 Å². The Balaban J connectivity index is 1.65. The largest absolute Gasteiger partial charge is 0.467 e. The van der Waals surface area contributed by atoms with Crippen LogP contribution in [-0.2, 0) is 34.8 Å². The normalized spacial score (nSPS) is 21.7. The fourth-order valence-electron chi connectivity index (χ4n) is 5.94. The molecule has 0 aliphatic carbocycles. The molecule has 5 atom stereocenters. The number of carbonyl (C=O) groups is 2. The van der Waals surface area contributed by atoms with E-state index in [-0.39, 0.29) is 6.61 Å². The molecule has 1 saturated heterocycles. The number of aliphatic hydroxyl groups is 1. The van der Waals surface area contributed by atoms with Gasteiger partial charge in [0.05, 0.1) is 19.3 Å². The van der Waals surface area contributed by atoms with E-state index >= 15 is 0 Å². The zero-order chi connectivity index (χ0) is 32.7. The van der Waals surface area contributed by atoms with Crippen LogP contribution in [0.25, 0.3) is 0 Å². The van der Waals surface area contributed by atoms with E-state index in [1.807, 2.05) is 91.0 Å². The van der Waals surface area contributed by atoms with Crippen molar-refractivity contribution in [1.29, 1.82) is 0 Å². The monoisotopic (exact) mass is 640 g/mol. The minimum atomic E-state index is -3.33. The van der Waals surface area contributed by atoms with Gasteiger partial charge < -0.3 is 28.5 Å². The summed E-state index contributed by atoms with van der Waals surface area (Å²) in [5, 5.41) is 13.0. The minimum Gasteiger partial charge on any atom is -0.467 e. The fraction of sp³-hybridized carbons (Fsp3) is 0.297. The average molecular weight is 641 g/mol. The number of carbonyl (C=O) groups excluding carboxylic acids is 2. The van der Waals surface area contributed by atoms with Crippen molar-refractivity contribution in [2.24, 2.45) is 0 Å². The summed E-state index contributed by atoms with van der Waals surface area (Å²) >= 11 is 0. The smallest absolute Gasteiger partial charge is 0.338 e. The fourth-order valence-corrected chi connectivity index (χ4v) is 10.5. The van der Waals surface area contributed by atoms with Gasteiger partial charge in [-0.15, -0.1) is 0 Å². The maximum absolute atomic E-state index is 13.6. The van der Waals surface area contributed by atoms with Crippen LogP contribution in [0.3, 0.4) is 0 Å². The maximum atomic E-state index is 13.6. The van der Waals surface area contributed by atoms with Crippen molar-refractivity contribution in [3.8, 4) is 0 Å². The van der Waals surface area contributed by atoms with E-state index in [1.165, 1.54) is 7.11 Å². The van der Waals surface area contributed by atoms with Gasteiger partial charge in [-0.1, -0.05) is 130 Å². The Labute approximate surface area is 271 Å². The Morgan fingerprint density at radius 3 is 1.76 bits per heavy atom. The van der Waals surface area contributed by atoms with Gasteiger partial charge in [-0.2, -0.15) is 0 Å². The third-order valence-corrected chi connectivity index (χ3v) is 13.2. The number of aliphatic hydroxyl groups excluding tert-OH is 1. The van der Waals surface area contributed by atoms with Crippen LogP contribution in [0.5, 0.6) is 0 Å². The zero-order valence-corrected chi connectivity index (χ0v) is 27.4. The van der Waals surface area contributed by atoms with Gasteiger partial charge in [0.25, 0.3) is 8.32 Å². The van der Waals surface area contributed by atoms with E-state index < -0.39 is 56.0 Å². The van der Waals surface area contributed by atoms with Crippen molar-refractivity contribution >= 4 is 30.6 Å². The molecule has 8 nitrogen and oxygen atoms in total. The van der Waals surface area contributed by atoms with Gasteiger partial charge in [-0.05, 0) is 33.1 Å². The van der Waals surface area contributed by atoms with E-state index in [0.29, 0.717) is 5.56 Å². The van der Waals surface area contributed by atoms with Crippen molar-refractivity contribution in [2.45, 2.75) is 63.1 Å². The highest BCUT2D eigenvalue weighted by molar-refractivity contribution is 6.99. The van der Waals surface area contributed by atoms with Crippen LogP contribution < -0.4 is 10.4 Å². The summed E-state index contributed by atoms with van der Waals surface area (Å²) in [6.07, 6.45) is -6.82. The molecule has 0 bridgehead atoms. The maximum Gasteiger partial charge on any atom is 0.338 e. The van der Waals surface area contributed by atoms with Crippen molar-refractivity contribution in [2.75, 3.05) is 7.11 Å². The molecule has 5 rings (SSSR count). The zero-order valence-electron chi connectivity index (χ0n) is 26.4. The van der Waals surface area contributed by atoms with E-state index in [2.05, 4.69) is 20.8 Å². The Morgan fingerprint density at radius 2 is 1.26 bits per heavy atom. The van der Waals surface area contributed by atoms with Crippen molar-refractivity contribution in [3.63, 3.8) is 0 Å². The number of methoxy groups -OCH3 is 1. The van der Waals surface area contributed by atoms with Gasteiger partial charge in [0.15, 0.2) is 18.5 Å². The second kappa shape index (κ2) is 14.5. The first kappa shape index (κ1) is 33.2. The van der Waals surface area contributed by atoms with Crippen LogP contribution in [0.4, 0.5) is 0 Å². The molecule has 2 unspecified atom stereocenters. The molecule has 4 aromatic rings. The molecule has 1 N–H and O–H groups in total. The van der Waals surface area contributed by atoms with Gasteiger partial charge >= 0.3 is 11.9 Å². The van der Waals surface area contributed by atoms with Crippen molar-refractivity contribution in [1.82, 2.24) is 0 Å². The third kappa shape index (κ3) is 6.99. The second-order valence-corrected chi connectivity index (χ2v) is 16.5. The van der Waals surface area contributed by atoms with Gasteiger partial charge in [0.1, 0.15) is 12.2 Å². The summed E-state index contributed by atoms with van der Waals surface area (Å²) < 4.78 is 31.1. The Hall–Kier alpha value is -4.12. The molecule has 9 heteroatoms. The Morgan fingerprint density at radius 1 is 0.761 bits per heavy atom. The second-order valence-electron chi connectivity index (χ2n) is 12.2. The predicted molar refractivity (Wildman–Crippen MR) is 176 cm³/mol. The highest BCUT2D eigenvalue weighted by atomic mass is 28.4. The molecule has 0 radical (unpaired) electrons. The molecular weight excluding hydrogens is 600 g/mol. The van der Waals surface area contributed by atoms with Crippen LogP contribution in [0.15, 0.2) is 121 Å².